The van der Waals surface area contributed by atoms with Crippen molar-refractivity contribution in [3.05, 3.63) is 23.3 Å². The number of unbranched alkanes of at least 4 members (excludes halogenated alkanes) is 5. The molecule has 0 amide bonds. The summed E-state index contributed by atoms with van der Waals surface area (Å²) >= 11 is 0. The van der Waals surface area contributed by atoms with E-state index < -0.39 is 0 Å². The number of rotatable bonds is 9. The molecule has 0 fully saturated rings. The zero-order valence-corrected chi connectivity index (χ0v) is 12.9. The number of benzene rings is 1. The molecule has 0 N–H and O–H groups in total. The molecular weight excluding hydrogens is 236 g/mol. The smallest absolute Gasteiger partial charge is 0.122 e. The van der Waals surface area contributed by atoms with Crippen molar-refractivity contribution in [1.29, 1.82) is 0 Å². The van der Waals surface area contributed by atoms with Crippen LogP contribution in [0, 0.1) is 13.8 Å². The van der Waals surface area contributed by atoms with Crippen LogP contribution in [0.3, 0.4) is 0 Å². The van der Waals surface area contributed by atoms with Crippen LogP contribution in [0.25, 0.3) is 0 Å². The topological polar surface area (TPSA) is 18.5 Å². The molecule has 108 valence electrons. The fourth-order valence-corrected chi connectivity index (χ4v) is 2.20. The average Bonchev–Trinajstić information content (AvgIpc) is 2.41. The summed E-state index contributed by atoms with van der Waals surface area (Å²) in [6.45, 7) is 7.19. The first-order chi connectivity index (χ1) is 9.19. The maximum atomic E-state index is 5.87. The molecule has 0 aliphatic carbocycles. The van der Waals surface area contributed by atoms with Crippen molar-refractivity contribution >= 4 is 0 Å². The lowest BCUT2D eigenvalue weighted by Crippen LogP contribution is -2.00. The van der Waals surface area contributed by atoms with E-state index in [0.717, 1.165) is 35.7 Å². The molecule has 0 atom stereocenters. The molecule has 0 bridgehead atoms. The molecule has 0 aliphatic rings. The van der Waals surface area contributed by atoms with Crippen molar-refractivity contribution in [1.82, 2.24) is 0 Å². The Morgan fingerprint density at radius 3 is 2.11 bits per heavy atom. The second-order valence-electron chi connectivity index (χ2n) is 5.20. The van der Waals surface area contributed by atoms with E-state index in [4.69, 9.17) is 9.47 Å². The summed E-state index contributed by atoms with van der Waals surface area (Å²) in [4.78, 5) is 0. The summed E-state index contributed by atoms with van der Waals surface area (Å²) in [5, 5.41) is 0. The first-order valence-electron chi connectivity index (χ1n) is 7.47. The predicted molar refractivity (Wildman–Crippen MR) is 81.3 cm³/mol. The molecule has 0 unspecified atom stereocenters. The molecule has 2 heteroatoms. The zero-order valence-electron chi connectivity index (χ0n) is 12.9. The maximum absolute atomic E-state index is 5.87. The molecule has 0 spiro atoms. The number of aryl methyl sites for hydroxylation is 2. The van der Waals surface area contributed by atoms with Gasteiger partial charge < -0.3 is 9.47 Å². The van der Waals surface area contributed by atoms with E-state index in [2.05, 4.69) is 26.8 Å². The quantitative estimate of drug-likeness (QED) is 0.581. The minimum atomic E-state index is 0.818. The molecule has 0 saturated carbocycles. The van der Waals surface area contributed by atoms with Crippen LogP contribution in [-0.4, -0.2) is 13.7 Å². The molecule has 1 rings (SSSR count). The van der Waals surface area contributed by atoms with Crippen LogP contribution >= 0.6 is 0 Å². The fraction of sp³-hybridized carbons (Fsp3) is 0.647. The Hall–Kier alpha value is -1.18. The molecule has 1 aromatic carbocycles. The van der Waals surface area contributed by atoms with Gasteiger partial charge >= 0.3 is 0 Å². The molecule has 0 saturated heterocycles. The normalized spacial score (nSPS) is 10.5. The summed E-state index contributed by atoms with van der Waals surface area (Å²) in [5.41, 5.74) is 2.28. The summed E-state index contributed by atoms with van der Waals surface area (Å²) in [5.74, 6) is 1.93. The Balaban J connectivity index is 2.31. The van der Waals surface area contributed by atoms with Crippen LogP contribution in [-0.2, 0) is 0 Å². The predicted octanol–water partition coefficient (Wildman–Crippen LogP) is 5.05. The minimum Gasteiger partial charge on any atom is -0.496 e. The van der Waals surface area contributed by atoms with Crippen LogP contribution in [0.2, 0.25) is 0 Å². The highest BCUT2D eigenvalue weighted by Crippen LogP contribution is 2.27. The van der Waals surface area contributed by atoms with E-state index in [1.54, 1.807) is 7.11 Å². The highest BCUT2D eigenvalue weighted by molar-refractivity contribution is 5.45. The van der Waals surface area contributed by atoms with Gasteiger partial charge in [0.25, 0.3) is 0 Å². The van der Waals surface area contributed by atoms with Gasteiger partial charge in [-0.2, -0.15) is 0 Å². The molecule has 0 heterocycles. The van der Waals surface area contributed by atoms with Crippen LogP contribution in [0.1, 0.15) is 56.6 Å². The van der Waals surface area contributed by atoms with Gasteiger partial charge in [0.15, 0.2) is 0 Å². The third kappa shape index (κ3) is 5.54. The first kappa shape index (κ1) is 15.9. The van der Waals surface area contributed by atoms with Gasteiger partial charge in [-0.05, 0) is 43.5 Å². The lowest BCUT2D eigenvalue weighted by molar-refractivity contribution is 0.301. The van der Waals surface area contributed by atoms with Gasteiger partial charge in [-0.15, -0.1) is 0 Å². The SMILES string of the molecule is CCCCCCCCOc1cc(C)c(OC)cc1C. The number of hydrogen-bond donors (Lipinski definition) is 0. The number of ether oxygens (including phenoxy) is 2. The van der Waals surface area contributed by atoms with Gasteiger partial charge in [0.05, 0.1) is 13.7 Å². The Morgan fingerprint density at radius 1 is 0.842 bits per heavy atom. The third-order valence-corrected chi connectivity index (χ3v) is 3.45. The molecule has 0 radical (unpaired) electrons. The van der Waals surface area contributed by atoms with E-state index in [1.165, 1.54) is 32.1 Å². The van der Waals surface area contributed by atoms with Crippen LogP contribution in [0.4, 0.5) is 0 Å². The van der Waals surface area contributed by atoms with E-state index >= 15 is 0 Å². The summed E-state index contributed by atoms with van der Waals surface area (Å²) in [6.07, 6.45) is 7.77. The van der Waals surface area contributed by atoms with Gasteiger partial charge in [0.2, 0.25) is 0 Å². The molecule has 0 aromatic heterocycles. The molecule has 1 aromatic rings. The summed E-state index contributed by atoms with van der Waals surface area (Å²) in [6, 6.07) is 4.12. The van der Waals surface area contributed by atoms with Crippen LogP contribution in [0.15, 0.2) is 12.1 Å². The van der Waals surface area contributed by atoms with Gasteiger partial charge in [-0.25, -0.2) is 0 Å². The Bertz CT molecular complexity index is 372. The van der Waals surface area contributed by atoms with Crippen LogP contribution < -0.4 is 9.47 Å². The molecule has 19 heavy (non-hydrogen) atoms. The van der Waals surface area contributed by atoms with E-state index in [9.17, 15) is 0 Å². The van der Waals surface area contributed by atoms with Gasteiger partial charge in [0.1, 0.15) is 11.5 Å². The molecule has 2 nitrogen and oxygen atoms in total. The minimum absolute atomic E-state index is 0.818. The molecule has 0 aliphatic heterocycles. The van der Waals surface area contributed by atoms with E-state index in [1.807, 2.05) is 6.07 Å². The Kier molecular flexibility index (Phi) is 7.39. The Labute approximate surface area is 118 Å². The van der Waals surface area contributed by atoms with Gasteiger partial charge in [-0.3, -0.25) is 0 Å². The largest absolute Gasteiger partial charge is 0.496 e. The molecular formula is C17H28O2. The maximum Gasteiger partial charge on any atom is 0.122 e. The highest BCUT2D eigenvalue weighted by atomic mass is 16.5. The summed E-state index contributed by atoms with van der Waals surface area (Å²) < 4.78 is 11.2. The standard InChI is InChI=1S/C17H28O2/c1-5-6-7-8-9-10-11-19-17-13-14(2)16(18-4)12-15(17)3/h12-13H,5-11H2,1-4H3. The average molecular weight is 264 g/mol. The van der Waals surface area contributed by atoms with E-state index in [-0.39, 0.29) is 0 Å². The first-order valence-corrected chi connectivity index (χ1v) is 7.47. The van der Waals surface area contributed by atoms with Crippen molar-refractivity contribution < 1.29 is 9.47 Å². The van der Waals surface area contributed by atoms with Crippen molar-refractivity contribution in [2.45, 2.75) is 59.3 Å². The second-order valence-corrected chi connectivity index (χ2v) is 5.20. The second kappa shape index (κ2) is 8.84. The fourth-order valence-electron chi connectivity index (χ4n) is 2.20. The van der Waals surface area contributed by atoms with Crippen molar-refractivity contribution in [3.8, 4) is 11.5 Å². The number of methoxy groups -OCH3 is 1. The number of hydrogen-bond acceptors (Lipinski definition) is 2. The zero-order chi connectivity index (χ0) is 14.1. The highest BCUT2D eigenvalue weighted by Gasteiger charge is 2.05. The summed E-state index contributed by atoms with van der Waals surface area (Å²) in [7, 11) is 1.71. The monoisotopic (exact) mass is 264 g/mol. The van der Waals surface area contributed by atoms with Crippen molar-refractivity contribution in [2.75, 3.05) is 13.7 Å². The van der Waals surface area contributed by atoms with Crippen molar-refractivity contribution in [2.24, 2.45) is 0 Å². The van der Waals surface area contributed by atoms with Gasteiger partial charge in [-0.1, -0.05) is 39.0 Å². The van der Waals surface area contributed by atoms with Crippen LogP contribution in [0.5, 0.6) is 11.5 Å². The van der Waals surface area contributed by atoms with Gasteiger partial charge in [0, 0.05) is 0 Å². The Morgan fingerprint density at radius 2 is 1.42 bits per heavy atom. The lowest BCUT2D eigenvalue weighted by Gasteiger charge is -2.12. The van der Waals surface area contributed by atoms with Crippen molar-refractivity contribution in [3.63, 3.8) is 0 Å². The third-order valence-electron chi connectivity index (χ3n) is 3.45. The van der Waals surface area contributed by atoms with E-state index in [0.29, 0.717) is 0 Å². The lowest BCUT2D eigenvalue weighted by atomic mass is 10.1.